The molecule has 2 fully saturated rings. The Bertz CT molecular complexity index is 627. The smallest absolute Gasteiger partial charge is 0.0576 e. The molecule has 0 spiro atoms. The van der Waals surface area contributed by atoms with Crippen LogP contribution in [-0.4, -0.2) is 48.8 Å². The van der Waals surface area contributed by atoms with E-state index in [9.17, 15) is 0 Å². The monoisotopic (exact) mass is 370 g/mol. The highest BCUT2D eigenvalue weighted by Crippen LogP contribution is 2.38. The lowest BCUT2D eigenvalue weighted by atomic mass is 9.79. The van der Waals surface area contributed by atoms with Crippen molar-refractivity contribution in [3.05, 3.63) is 29.3 Å². The van der Waals surface area contributed by atoms with Crippen LogP contribution in [0, 0.1) is 6.92 Å². The van der Waals surface area contributed by atoms with Crippen LogP contribution >= 0.6 is 0 Å². The van der Waals surface area contributed by atoms with E-state index in [-0.39, 0.29) is 0 Å². The van der Waals surface area contributed by atoms with Crippen molar-refractivity contribution in [2.45, 2.75) is 89.8 Å². The molecule has 3 heteroatoms. The summed E-state index contributed by atoms with van der Waals surface area (Å²) in [6.45, 7) is 11.6. The largest absolute Gasteiger partial charge is 0.378 e. The quantitative estimate of drug-likeness (QED) is 0.729. The van der Waals surface area contributed by atoms with Gasteiger partial charge >= 0.3 is 0 Å². The maximum absolute atomic E-state index is 6.02. The maximum atomic E-state index is 6.02. The Morgan fingerprint density at radius 1 is 1.07 bits per heavy atom. The van der Waals surface area contributed by atoms with Crippen molar-refractivity contribution in [2.75, 3.05) is 31.1 Å². The van der Waals surface area contributed by atoms with Gasteiger partial charge in [-0.05, 0) is 82.4 Å². The minimum Gasteiger partial charge on any atom is -0.378 e. The van der Waals surface area contributed by atoms with Crippen LogP contribution < -0.4 is 4.90 Å². The summed E-state index contributed by atoms with van der Waals surface area (Å²) in [6, 6.07) is 7.76. The van der Waals surface area contributed by atoms with Gasteiger partial charge in [-0.25, -0.2) is 0 Å². The lowest BCUT2D eigenvalue weighted by Gasteiger charge is -2.49. The van der Waals surface area contributed by atoms with Crippen LogP contribution in [0.15, 0.2) is 18.2 Å². The van der Waals surface area contributed by atoms with Crippen LogP contribution in [0.4, 0.5) is 5.69 Å². The number of anilines is 1. The van der Waals surface area contributed by atoms with Crippen molar-refractivity contribution < 1.29 is 4.74 Å². The Hall–Kier alpha value is -1.06. The Morgan fingerprint density at radius 3 is 2.52 bits per heavy atom. The van der Waals surface area contributed by atoms with E-state index in [4.69, 9.17) is 4.74 Å². The number of benzene rings is 1. The fourth-order valence-corrected chi connectivity index (χ4v) is 5.59. The van der Waals surface area contributed by atoms with Crippen LogP contribution in [0.3, 0.4) is 0 Å². The minimum atomic E-state index is 0.399. The predicted octanol–water partition coefficient (Wildman–Crippen LogP) is 4.95. The number of hydrogen-bond acceptors (Lipinski definition) is 3. The van der Waals surface area contributed by atoms with Crippen molar-refractivity contribution in [1.82, 2.24) is 4.90 Å². The van der Waals surface area contributed by atoms with Crippen molar-refractivity contribution >= 4 is 5.69 Å². The van der Waals surface area contributed by atoms with Gasteiger partial charge in [0.15, 0.2) is 0 Å². The zero-order chi connectivity index (χ0) is 18.9. The molecule has 3 nitrogen and oxygen atoms in total. The predicted molar refractivity (Wildman–Crippen MR) is 114 cm³/mol. The summed E-state index contributed by atoms with van der Waals surface area (Å²) in [5.41, 5.74) is 4.87. The maximum Gasteiger partial charge on any atom is 0.0576 e. The van der Waals surface area contributed by atoms with Crippen molar-refractivity contribution in [2.24, 2.45) is 0 Å². The summed E-state index contributed by atoms with van der Waals surface area (Å²) in [5, 5.41) is 0. The lowest BCUT2D eigenvalue weighted by molar-refractivity contribution is -0.0284. The second-order valence-corrected chi connectivity index (χ2v) is 9.36. The van der Waals surface area contributed by atoms with Crippen LogP contribution in [0.1, 0.15) is 69.9 Å². The number of nitrogens with zero attached hydrogens (tertiary/aromatic N) is 2. The van der Waals surface area contributed by atoms with Crippen LogP contribution in [0.5, 0.6) is 0 Å². The summed E-state index contributed by atoms with van der Waals surface area (Å²) in [6.07, 6.45) is 10.6. The minimum absolute atomic E-state index is 0.399. The molecule has 0 unspecified atom stereocenters. The second-order valence-electron chi connectivity index (χ2n) is 9.36. The SMILES string of the molecule is CCCO[C@H]1CC[C@](C)(N2CCC(N3CCc4ccc(C)cc43)CC2)CC1. The Kier molecular flexibility index (Phi) is 5.80. The summed E-state index contributed by atoms with van der Waals surface area (Å²) < 4.78 is 6.02. The Balaban J connectivity index is 1.32. The Labute approximate surface area is 166 Å². The van der Waals surface area contributed by atoms with E-state index >= 15 is 0 Å². The molecule has 0 bridgehead atoms. The topological polar surface area (TPSA) is 15.7 Å². The molecule has 4 rings (SSSR count). The number of hydrogen-bond donors (Lipinski definition) is 0. The third kappa shape index (κ3) is 4.05. The van der Waals surface area contributed by atoms with Gasteiger partial charge in [-0.15, -0.1) is 0 Å². The molecule has 1 saturated carbocycles. The molecule has 2 heterocycles. The molecular formula is C24H38N2O. The van der Waals surface area contributed by atoms with Gasteiger partial charge in [0.2, 0.25) is 0 Å². The first-order valence-electron chi connectivity index (χ1n) is 11.3. The molecule has 2 aliphatic heterocycles. The van der Waals surface area contributed by atoms with Crippen molar-refractivity contribution in [3.8, 4) is 0 Å². The molecule has 3 aliphatic rings. The zero-order valence-corrected chi connectivity index (χ0v) is 17.7. The molecule has 150 valence electrons. The molecule has 1 saturated heterocycles. The molecule has 0 aromatic heterocycles. The molecule has 27 heavy (non-hydrogen) atoms. The number of aryl methyl sites for hydroxylation is 1. The third-order valence-electron chi connectivity index (χ3n) is 7.41. The summed E-state index contributed by atoms with van der Waals surface area (Å²) in [5.74, 6) is 0. The standard InChI is InChI=1S/C24H38N2O/c1-4-17-27-22-7-12-24(3,13-8-22)25-14-10-21(11-15-25)26-16-9-20-6-5-19(2)18-23(20)26/h5-6,18,21-22H,4,7-17H2,1-3H3/t22-,24-. The number of piperidine rings is 1. The first kappa shape index (κ1) is 19.3. The number of fused-ring (bicyclic) bond motifs is 1. The second kappa shape index (κ2) is 8.13. The fraction of sp³-hybridized carbons (Fsp3) is 0.750. The highest BCUT2D eigenvalue weighted by atomic mass is 16.5. The summed E-state index contributed by atoms with van der Waals surface area (Å²) in [7, 11) is 0. The molecule has 1 aliphatic carbocycles. The van der Waals surface area contributed by atoms with Gasteiger partial charge in [0.05, 0.1) is 6.10 Å². The van der Waals surface area contributed by atoms with E-state index in [1.54, 1.807) is 5.56 Å². The molecule has 0 atom stereocenters. The van der Waals surface area contributed by atoms with E-state index in [1.165, 1.54) is 75.8 Å². The normalized spacial score (nSPS) is 29.9. The highest BCUT2D eigenvalue weighted by molar-refractivity contribution is 5.60. The summed E-state index contributed by atoms with van der Waals surface area (Å²) >= 11 is 0. The van der Waals surface area contributed by atoms with Crippen molar-refractivity contribution in [1.29, 1.82) is 0 Å². The van der Waals surface area contributed by atoms with Crippen LogP contribution in [-0.2, 0) is 11.2 Å². The van der Waals surface area contributed by atoms with Crippen LogP contribution in [0.2, 0.25) is 0 Å². The molecule has 1 aromatic carbocycles. The number of rotatable bonds is 5. The van der Waals surface area contributed by atoms with Gasteiger partial charge in [0.25, 0.3) is 0 Å². The fourth-order valence-electron chi connectivity index (χ4n) is 5.59. The average Bonchev–Trinajstić information content (AvgIpc) is 3.11. The number of ether oxygens (including phenoxy) is 1. The van der Waals surface area contributed by atoms with Crippen molar-refractivity contribution in [3.63, 3.8) is 0 Å². The van der Waals surface area contributed by atoms with Gasteiger partial charge < -0.3 is 9.64 Å². The van der Waals surface area contributed by atoms with E-state index in [0.29, 0.717) is 11.6 Å². The van der Waals surface area contributed by atoms with Gasteiger partial charge in [0, 0.05) is 43.5 Å². The molecule has 0 N–H and O–H groups in total. The highest BCUT2D eigenvalue weighted by Gasteiger charge is 2.39. The average molecular weight is 371 g/mol. The van der Waals surface area contributed by atoms with Gasteiger partial charge in [0.1, 0.15) is 0 Å². The van der Waals surface area contributed by atoms with Crippen LogP contribution in [0.25, 0.3) is 0 Å². The van der Waals surface area contributed by atoms with E-state index in [1.807, 2.05) is 0 Å². The van der Waals surface area contributed by atoms with Gasteiger partial charge in [-0.3, -0.25) is 4.90 Å². The summed E-state index contributed by atoms with van der Waals surface area (Å²) in [4.78, 5) is 5.53. The lowest BCUT2D eigenvalue weighted by Crippen LogP contribution is -2.55. The van der Waals surface area contributed by atoms with Gasteiger partial charge in [-0.2, -0.15) is 0 Å². The zero-order valence-electron chi connectivity index (χ0n) is 17.7. The van der Waals surface area contributed by atoms with E-state index in [2.05, 4.69) is 48.8 Å². The Morgan fingerprint density at radius 2 is 1.81 bits per heavy atom. The molecule has 1 aromatic rings. The molecular weight excluding hydrogens is 332 g/mol. The first-order chi connectivity index (χ1) is 13.1. The van der Waals surface area contributed by atoms with E-state index < -0.39 is 0 Å². The third-order valence-corrected chi connectivity index (χ3v) is 7.41. The van der Waals surface area contributed by atoms with Gasteiger partial charge in [-0.1, -0.05) is 19.1 Å². The number of likely N-dealkylation sites (tertiary alicyclic amines) is 1. The first-order valence-corrected chi connectivity index (χ1v) is 11.3. The molecule has 0 radical (unpaired) electrons. The molecule has 0 amide bonds. The van der Waals surface area contributed by atoms with E-state index in [0.717, 1.165) is 19.1 Å².